The van der Waals surface area contributed by atoms with Crippen LogP contribution in [0.5, 0.6) is 5.75 Å². The van der Waals surface area contributed by atoms with E-state index >= 15 is 0 Å². The molecule has 4 aromatic carbocycles. The standard InChI is InChI=1S/C50H49N9O8/c60-43(18-6-4-2-1-3-5-9-25-51-45(62)29-67-41-17-11-15-36-46(41)50(66)59(49(36)65)40-23-24-44(61)58-48(40)64)56-32-21-19-31(20-22-32)47(63)57-34-13-10-12-33(26-34)55-42-27-39(53-30-54-42)37-28-52-38-16-8-7-14-35(37)38/h7-8,10-17,19-22,26-28,30,40,52H,1-6,9,18,23-25,29H2,(H,51,62)(H,56,60)(H,57,63)(H,53,54,55)(H,58,61,64). The van der Waals surface area contributed by atoms with E-state index in [9.17, 15) is 33.6 Å². The second-order valence-corrected chi connectivity index (χ2v) is 16.3. The van der Waals surface area contributed by atoms with Crippen LogP contribution in [0.2, 0.25) is 0 Å². The molecule has 4 heterocycles. The van der Waals surface area contributed by atoms with Gasteiger partial charge in [-0.3, -0.25) is 43.8 Å². The molecule has 17 heteroatoms. The number of aromatic nitrogens is 3. The van der Waals surface area contributed by atoms with Crippen LogP contribution in [0.15, 0.2) is 110 Å². The van der Waals surface area contributed by atoms with Gasteiger partial charge in [-0.15, -0.1) is 0 Å². The second-order valence-electron chi connectivity index (χ2n) is 16.3. The summed E-state index contributed by atoms with van der Waals surface area (Å²) in [7, 11) is 0. The number of para-hydroxylation sites is 1. The number of rotatable bonds is 20. The van der Waals surface area contributed by atoms with Gasteiger partial charge in [0.05, 0.1) is 16.8 Å². The van der Waals surface area contributed by atoms with E-state index in [1.54, 1.807) is 30.3 Å². The quantitative estimate of drug-likeness (QED) is 0.0329. The molecule has 1 saturated heterocycles. The topological polar surface area (TPSA) is 234 Å². The lowest BCUT2D eigenvalue weighted by Gasteiger charge is -2.27. The number of anilines is 4. The molecule has 0 saturated carbocycles. The first-order valence-electron chi connectivity index (χ1n) is 22.3. The normalized spacial score (nSPS) is 14.4. The lowest BCUT2D eigenvalue weighted by Crippen LogP contribution is -2.54. The van der Waals surface area contributed by atoms with Crippen molar-refractivity contribution in [1.29, 1.82) is 0 Å². The Kier molecular flexibility index (Phi) is 14.3. The molecule has 2 aromatic heterocycles. The van der Waals surface area contributed by atoms with Crippen molar-refractivity contribution < 1.29 is 38.3 Å². The zero-order valence-corrected chi connectivity index (χ0v) is 36.6. The van der Waals surface area contributed by atoms with Crippen LogP contribution in [0.3, 0.4) is 0 Å². The summed E-state index contributed by atoms with van der Waals surface area (Å²) in [5, 5.41) is 15.2. The molecule has 17 nitrogen and oxygen atoms in total. The molecule has 0 bridgehead atoms. The van der Waals surface area contributed by atoms with Gasteiger partial charge >= 0.3 is 0 Å². The molecular weight excluding hydrogens is 855 g/mol. The van der Waals surface area contributed by atoms with E-state index in [0.717, 1.165) is 77.7 Å². The van der Waals surface area contributed by atoms with Crippen LogP contribution in [-0.2, 0) is 19.2 Å². The Balaban J connectivity index is 0.676. The molecule has 6 aromatic rings. The van der Waals surface area contributed by atoms with Gasteiger partial charge in [0.1, 0.15) is 23.9 Å². The van der Waals surface area contributed by atoms with E-state index in [0.29, 0.717) is 35.7 Å². The summed E-state index contributed by atoms with van der Waals surface area (Å²) in [5.74, 6) is -2.59. The van der Waals surface area contributed by atoms with Crippen LogP contribution >= 0.6 is 0 Å². The molecule has 0 spiro atoms. The molecule has 1 fully saturated rings. The maximum absolute atomic E-state index is 13.2. The summed E-state index contributed by atoms with van der Waals surface area (Å²) in [6.07, 6.45) is 10.2. The smallest absolute Gasteiger partial charge is 0.266 e. The number of carbonyl (C=O) groups is 7. The van der Waals surface area contributed by atoms with Gasteiger partial charge < -0.3 is 31.0 Å². The van der Waals surface area contributed by atoms with E-state index in [-0.39, 0.29) is 54.0 Å². The summed E-state index contributed by atoms with van der Waals surface area (Å²) in [4.78, 5) is 101. The first-order valence-corrected chi connectivity index (χ1v) is 22.3. The molecule has 2 aliphatic heterocycles. The summed E-state index contributed by atoms with van der Waals surface area (Å²) in [5.41, 5.74) is 5.23. The number of amides is 7. The highest BCUT2D eigenvalue weighted by atomic mass is 16.5. The van der Waals surface area contributed by atoms with Gasteiger partial charge in [-0.25, -0.2) is 9.97 Å². The third-order valence-electron chi connectivity index (χ3n) is 11.5. The Morgan fingerprint density at radius 2 is 1.48 bits per heavy atom. The Bertz CT molecular complexity index is 2840. The molecular formula is C50H49N9O8. The number of H-pyrrole nitrogens is 1. The SMILES string of the molecule is O=C(COc1cccc2c1C(=O)N(C1CCC(=O)NC1=O)C2=O)NCCCCCCCCCC(=O)Nc1ccc(C(=O)Nc2cccc(Nc3cc(-c4c[nH]c5ccccc45)ncn3)c2)cc1. The maximum atomic E-state index is 13.2. The predicted octanol–water partition coefficient (Wildman–Crippen LogP) is 7.28. The third kappa shape index (κ3) is 11.2. The van der Waals surface area contributed by atoms with E-state index in [4.69, 9.17) is 4.74 Å². The van der Waals surface area contributed by atoms with Gasteiger partial charge in [-0.05, 0) is 79.9 Å². The lowest BCUT2D eigenvalue weighted by atomic mass is 10.0. The summed E-state index contributed by atoms with van der Waals surface area (Å²) in [6.45, 7) is 0.0947. The van der Waals surface area contributed by atoms with Crippen molar-refractivity contribution in [3.05, 3.63) is 126 Å². The van der Waals surface area contributed by atoms with Crippen molar-refractivity contribution in [1.82, 2.24) is 30.5 Å². The molecule has 67 heavy (non-hydrogen) atoms. The average Bonchev–Trinajstić information content (AvgIpc) is 3.87. The molecule has 0 radical (unpaired) electrons. The van der Waals surface area contributed by atoms with Crippen LogP contribution in [0.4, 0.5) is 22.9 Å². The minimum absolute atomic E-state index is 0.00910. The second kappa shape index (κ2) is 21.2. The van der Waals surface area contributed by atoms with E-state index in [1.165, 1.54) is 24.5 Å². The minimum atomic E-state index is -1.10. The molecule has 1 atom stereocenters. The first-order chi connectivity index (χ1) is 32.6. The van der Waals surface area contributed by atoms with Crippen molar-refractivity contribution in [2.45, 2.75) is 70.3 Å². The number of benzene rings is 4. The number of hydrogen-bond acceptors (Lipinski definition) is 11. The number of hydrogen-bond donors (Lipinski definition) is 6. The zero-order valence-electron chi connectivity index (χ0n) is 36.6. The van der Waals surface area contributed by atoms with Crippen molar-refractivity contribution in [2.75, 3.05) is 29.1 Å². The molecule has 8 rings (SSSR count). The lowest BCUT2D eigenvalue weighted by molar-refractivity contribution is -0.136. The fourth-order valence-corrected chi connectivity index (χ4v) is 8.13. The molecule has 7 amide bonds. The summed E-state index contributed by atoms with van der Waals surface area (Å²) in [6, 6.07) is 27.4. The van der Waals surface area contributed by atoms with Crippen LogP contribution in [0, 0.1) is 0 Å². The molecule has 0 aliphatic carbocycles. The van der Waals surface area contributed by atoms with Gasteiger partial charge in [0.25, 0.3) is 23.6 Å². The van der Waals surface area contributed by atoms with Gasteiger partial charge in [0.2, 0.25) is 17.7 Å². The number of fused-ring (bicyclic) bond motifs is 2. The summed E-state index contributed by atoms with van der Waals surface area (Å²) >= 11 is 0. The molecule has 1 unspecified atom stereocenters. The predicted molar refractivity (Wildman–Crippen MR) is 251 cm³/mol. The number of carbonyl (C=O) groups excluding carboxylic acids is 7. The van der Waals surface area contributed by atoms with Crippen LogP contribution in [-0.4, -0.2) is 80.4 Å². The van der Waals surface area contributed by atoms with Crippen molar-refractivity contribution in [2.24, 2.45) is 0 Å². The largest absolute Gasteiger partial charge is 0.483 e. The maximum Gasteiger partial charge on any atom is 0.266 e. The number of imide groups is 2. The number of ether oxygens (including phenoxy) is 1. The zero-order chi connectivity index (χ0) is 46.7. The fraction of sp³-hybridized carbons (Fsp3) is 0.260. The number of unbranched alkanes of at least 4 members (excludes halogenated alkanes) is 6. The molecule has 342 valence electrons. The Hall–Kier alpha value is -8.21. The van der Waals surface area contributed by atoms with E-state index in [2.05, 4.69) is 41.5 Å². The van der Waals surface area contributed by atoms with E-state index < -0.39 is 29.7 Å². The van der Waals surface area contributed by atoms with E-state index in [1.807, 2.05) is 54.7 Å². The molecule has 6 N–H and O–H groups in total. The number of piperidine rings is 1. The number of aromatic amines is 1. The van der Waals surface area contributed by atoms with Crippen LogP contribution in [0.25, 0.3) is 22.2 Å². The van der Waals surface area contributed by atoms with Crippen LogP contribution < -0.4 is 31.3 Å². The highest BCUT2D eigenvalue weighted by molar-refractivity contribution is 6.24. The van der Waals surface area contributed by atoms with Crippen molar-refractivity contribution >= 4 is 75.1 Å². The Morgan fingerprint density at radius 3 is 2.30 bits per heavy atom. The van der Waals surface area contributed by atoms with Gasteiger partial charge in [-0.2, -0.15) is 0 Å². The fourth-order valence-electron chi connectivity index (χ4n) is 8.13. The highest BCUT2D eigenvalue weighted by Crippen LogP contribution is 2.34. The minimum Gasteiger partial charge on any atom is -0.483 e. The summed E-state index contributed by atoms with van der Waals surface area (Å²) < 4.78 is 5.64. The number of nitrogens with one attached hydrogen (secondary N) is 6. The van der Waals surface area contributed by atoms with Crippen molar-refractivity contribution in [3.8, 4) is 17.0 Å². The van der Waals surface area contributed by atoms with Gasteiger partial charge in [-0.1, -0.05) is 62.4 Å². The first kappa shape index (κ1) is 45.4. The van der Waals surface area contributed by atoms with Crippen molar-refractivity contribution in [3.63, 3.8) is 0 Å². The monoisotopic (exact) mass is 903 g/mol. The third-order valence-corrected chi connectivity index (χ3v) is 11.5. The number of nitrogens with zero attached hydrogens (tertiary/aromatic N) is 3. The van der Waals surface area contributed by atoms with Gasteiger partial charge in [0, 0.05) is 70.7 Å². The Labute approximate surface area is 385 Å². The highest BCUT2D eigenvalue weighted by Gasteiger charge is 2.46. The van der Waals surface area contributed by atoms with Gasteiger partial charge in [0.15, 0.2) is 6.61 Å². The Morgan fingerprint density at radius 1 is 0.716 bits per heavy atom. The van der Waals surface area contributed by atoms with Crippen LogP contribution in [0.1, 0.15) is 95.3 Å². The molecule has 2 aliphatic rings. The average molecular weight is 904 g/mol.